The van der Waals surface area contributed by atoms with Gasteiger partial charge in [-0.25, -0.2) is 0 Å². The second-order valence-electron chi connectivity index (χ2n) is 4.97. The largest absolute Gasteiger partial charge is 0.493 e. The summed E-state index contributed by atoms with van der Waals surface area (Å²) in [4.78, 5) is 0. The summed E-state index contributed by atoms with van der Waals surface area (Å²) in [5, 5.41) is 3.59. The fraction of sp³-hybridized carbons (Fsp3) is 0.600. The average Bonchev–Trinajstić information content (AvgIpc) is 2.80. The maximum Gasteiger partial charge on any atom is 0.122 e. The van der Waals surface area contributed by atoms with E-state index in [4.69, 9.17) is 9.47 Å². The maximum absolute atomic E-state index is 5.72. The summed E-state index contributed by atoms with van der Waals surface area (Å²) in [7, 11) is 0. The molecule has 0 aliphatic carbocycles. The molecule has 1 aromatic rings. The predicted octanol–water partition coefficient (Wildman–Crippen LogP) is 2.57. The van der Waals surface area contributed by atoms with Crippen LogP contribution in [0.5, 0.6) is 5.75 Å². The number of fused-ring (bicyclic) bond motifs is 1. The van der Waals surface area contributed by atoms with Crippen molar-refractivity contribution in [2.45, 2.75) is 38.8 Å². The van der Waals surface area contributed by atoms with E-state index in [9.17, 15) is 0 Å². The van der Waals surface area contributed by atoms with Gasteiger partial charge in [0.25, 0.3) is 0 Å². The van der Waals surface area contributed by atoms with Crippen molar-refractivity contribution < 1.29 is 9.47 Å². The highest BCUT2D eigenvalue weighted by molar-refractivity contribution is 5.40. The molecule has 0 radical (unpaired) electrons. The van der Waals surface area contributed by atoms with E-state index >= 15 is 0 Å². The number of benzene rings is 1. The van der Waals surface area contributed by atoms with E-state index in [1.165, 1.54) is 5.56 Å². The minimum Gasteiger partial charge on any atom is -0.493 e. The third-order valence-electron chi connectivity index (χ3n) is 3.46. The number of rotatable bonds is 6. The van der Waals surface area contributed by atoms with Crippen LogP contribution in [0.15, 0.2) is 24.3 Å². The molecule has 0 unspecified atom stereocenters. The second kappa shape index (κ2) is 6.21. The molecule has 1 aliphatic heterocycles. The highest BCUT2D eigenvalue weighted by Gasteiger charge is 2.29. The van der Waals surface area contributed by atoms with Crippen molar-refractivity contribution in [3.8, 4) is 5.75 Å². The topological polar surface area (TPSA) is 30.5 Å². The first-order valence-corrected chi connectivity index (χ1v) is 6.78. The Balaban J connectivity index is 1.92. The number of hydrogen-bond acceptors (Lipinski definition) is 3. The summed E-state index contributed by atoms with van der Waals surface area (Å²) in [6.07, 6.45) is 0. The molecule has 0 amide bonds. The molecule has 1 aromatic carbocycles. The van der Waals surface area contributed by atoms with Gasteiger partial charge in [0.1, 0.15) is 5.75 Å². The van der Waals surface area contributed by atoms with Gasteiger partial charge in [0, 0.05) is 30.2 Å². The van der Waals surface area contributed by atoms with Gasteiger partial charge < -0.3 is 14.8 Å². The summed E-state index contributed by atoms with van der Waals surface area (Å²) in [6.45, 7) is 8.71. The van der Waals surface area contributed by atoms with Gasteiger partial charge >= 0.3 is 0 Å². The van der Waals surface area contributed by atoms with Gasteiger partial charge in [-0.2, -0.15) is 0 Å². The third kappa shape index (κ3) is 3.03. The summed E-state index contributed by atoms with van der Waals surface area (Å²) >= 11 is 0. The van der Waals surface area contributed by atoms with Crippen molar-refractivity contribution in [2.75, 3.05) is 19.8 Å². The second-order valence-corrected chi connectivity index (χ2v) is 4.97. The minimum absolute atomic E-state index is 0.368. The van der Waals surface area contributed by atoms with Crippen molar-refractivity contribution in [3.05, 3.63) is 29.8 Å². The molecular formula is C15H23NO2. The van der Waals surface area contributed by atoms with Gasteiger partial charge in [0.15, 0.2) is 0 Å². The molecule has 100 valence electrons. The predicted molar refractivity (Wildman–Crippen MR) is 73.2 cm³/mol. The van der Waals surface area contributed by atoms with Gasteiger partial charge in [-0.3, -0.25) is 0 Å². The zero-order valence-electron chi connectivity index (χ0n) is 11.5. The standard InChI is InChI=1S/C15H23NO2/c1-4-17-9-11(2)16-12(3)14-10-18-15-8-6-5-7-13(14)15/h5-8,11-12,14,16H,4,9-10H2,1-3H3/t11-,12-,14-/m0/s1. The Morgan fingerprint density at radius 2 is 2.17 bits per heavy atom. The Kier molecular flexibility index (Phi) is 4.61. The zero-order chi connectivity index (χ0) is 13.0. The van der Waals surface area contributed by atoms with Crippen LogP contribution in [-0.2, 0) is 4.74 Å². The molecule has 0 saturated carbocycles. The first-order chi connectivity index (χ1) is 8.72. The van der Waals surface area contributed by atoms with Crippen LogP contribution in [0, 0.1) is 0 Å². The van der Waals surface area contributed by atoms with Crippen LogP contribution in [0.1, 0.15) is 32.3 Å². The molecule has 0 spiro atoms. The van der Waals surface area contributed by atoms with Crippen LogP contribution in [0.25, 0.3) is 0 Å². The molecule has 0 bridgehead atoms. The highest BCUT2D eigenvalue weighted by atomic mass is 16.5. The van der Waals surface area contributed by atoms with Gasteiger partial charge in [0.2, 0.25) is 0 Å². The van der Waals surface area contributed by atoms with E-state index in [1.54, 1.807) is 0 Å². The van der Waals surface area contributed by atoms with Crippen molar-refractivity contribution in [3.63, 3.8) is 0 Å². The van der Waals surface area contributed by atoms with Crippen LogP contribution in [0.4, 0.5) is 0 Å². The van der Waals surface area contributed by atoms with E-state index < -0.39 is 0 Å². The fourth-order valence-corrected chi connectivity index (χ4v) is 2.51. The first kappa shape index (κ1) is 13.4. The number of hydrogen-bond donors (Lipinski definition) is 1. The summed E-state index contributed by atoms with van der Waals surface area (Å²) in [6, 6.07) is 9.08. The van der Waals surface area contributed by atoms with Gasteiger partial charge in [-0.05, 0) is 26.8 Å². The molecule has 3 nitrogen and oxygen atoms in total. The van der Waals surface area contributed by atoms with E-state index in [0.717, 1.165) is 25.6 Å². The molecule has 0 fully saturated rings. The normalized spacial score (nSPS) is 21.2. The average molecular weight is 249 g/mol. The monoisotopic (exact) mass is 249 g/mol. The van der Waals surface area contributed by atoms with Crippen molar-refractivity contribution in [1.29, 1.82) is 0 Å². The molecule has 3 atom stereocenters. The third-order valence-corrected chi connectivity index (χ3v) is 3.46. The van der Waals surface area contributed by atoms with Gasteiger partial charge in [0.05, 0.1) is 13.2 Å². The number of nitrogens with one attached hydrogen (secondary N) is 1. The lowest BCUT2D eigenvalue weighted by Crippen LogP contribution is -2.41. The number of para-hydroxylation sites is 1. The first-order valence-electron chi connectivity index (χ1n) is 6.78. The van der Waals surface area contributed by atoms with Crippen LogP contribution >= 0.6 is 0 Å². The highest BCUT2D eigenvalue weighted by Crippen LogP contribution is 2.35. The van der Waals surface area contributed by atoms with E-state index in [0.29, 0.717) is 18.0 Å². The van der Waals surface area contributed by atoms with E-state index in [2.05, 4.69) is 31.3 Å². The molecule has 18 heavy (non-hydrogen) atoms. The zero-order valence-corrected chi connectivity index (χ0v) is 11.5. The molecule has 3 heteroatoms. The molecule has 0 aromatic heterocycles. The molecule has 1 heterocycles. The Morgan fingerprint density at radius 1 is 1.39 bits per heavy atom. The van der Waals surface area contributed by atoms with Crippen LogP contribution in [0.2, 0.25) is 0 Å². The Bertz CT molecular complexity index is 381. The maximum atomic E-state index is 5.72. The van der Waals surface area contributed by atoms with Gasteiger partial charge in [-0.1, -0.05) is 18.2 Å². The minimum atomic E-state index is 0.368. The lowest BCUT2D eigenvalue weighted by atomic mass is 9.94. The summed E-state index contributed by atoms with van der Waals surface area (Å²) < 4.78 is 11.2. The van der Waals surface area contributed by atoms with Crippen LogP contribution in [-0.4, -0.2) is 31.9 Å². The van der Waals surface area contributed by atoms with Crippen LogP contribution in [0.3, 0.4) is 0 Å². The molecule has 2 rings (SSSR count). The lowest BCUT2D eigenvalue weighted by molar-refractivity contribution is 0.122. The summed E-state index contributed by atoms with van der Waals surface area (Å²) in [5.41, 5.74) is 1.32. The fourth-order valence-electron chi connectivity index (χ4n) is 2.51. The smallest absolute Gasteiger partial charge is 0.122 e. The number of ether oxygens (including phenoxy) is 2. The quantitative estimate of drug-likeness (QED) is 0.840. The van der Waals surface area contributed by atoms with Crippen molar-refractivity contribution in [2.24, 2.45) is 0 Å². The Morgan fingerprint density at radius 3 is 2.94 bits per heavy atom. The Hall–Kier alpha value is -1.06. The summed E-state index contributed by atoms with van der Waals surface area (Å²) in [5.74, 6) is 1.47. The van der Waals surface area contributed by atoms with Crippen molar-refractivity contribution >= 4 is 0 Å². The Labute approximate surface area is 109 Å². The van der Waals surface area contributed by atoms with E-state index in [-0.39, 0.29) is 0 Å². The van der Waals surface area contributed by atoms with Crippen molar-refractivity contribution in [1.82, 2.24) is 5.32 Å². The van der Waals surface area contributed by atoms with Crippen LogP contribution < -0.4 is 10.1 Å². The SMILES string of the molecule is CCOC[C@H](C)N[C@@H](C)[C@@H]1COc2ccccc21. The van der Waals surface area contributed by atoms with E-state index in [1.807, 2.05) is 19.1 Å². The molecule has 1 N–H and O–H groups in total. The van der Waals surface area contributed by atoms with Gasteiger partial charge in [-0.15, -0.1) is 0 Å². The molecule has 0 saturated heterocycles. The molecular weight excluding hydrogens is 226 g/mol. The lowest BCUT2D eigenvalue weighted by Gasteiger charge is -2.24. The molecule has 1 aliphatic rings.